The van der Waals surface area contributed by atoms with E-state index in [0.717, 1.165) is 25.2 Å². The molecule has 0 heterocycles. The van der Waals surface area contributed by atoms with Crippen LogP contribution >= 0.6 is 0 Å². The third kappa shape index (κ3) is 6.85. The topological polar surface area (TPSA) is 55.8 Å². The number of carbonyl (C=O) groups is 2. The average Bonchev–Trinajstić information content (AvgIpc) is 2.35. The molecule has 0 bridgehead atoms. The summed E-state index contributed by atoms with van der Waals surface area (Å²) in [6, 6.07) is 0. The predicted molar refractivity (Wildman–Crippen MR) is 68.8 cm³/mol. The van der Waals surface area contributed by atoms with E-state index in [9.17, 15) is 9.59 Å². The molecule has 18 heavy (non-hydrogen) atoms. The Morgan fingerprint density at radius 3 is 2.28 bits per heavy atom. The van der Waals surface area contributed by atoms with Gasteiger partial charge in [-0.1, -0.05) is 26.5 Å². The third-order valence-electron chi connectivity index (χ3n) is 2.31. The molecule has 0 radical (unpaired) electrons. The van der Waals surface area contributed by atoms with E-state index in [2.05, 4.69) is 11.3 Å². The fourth-order valence-electron chi connectivity index (χ4n) is 1.34. The number of hydrogen-bond acceptors (Lipinski definition) is 5. The van der Waals surface area contributed by atoms with Gasteiger partial charge in [-0.15, -0.1) is 0 Å². The van der Waals surface area contributed by atoms with Crippen LogP contribution in [-0.2, 0) is 19.1 Å². The van der Waals surface area contributed by atoms with Gasteiger partial charge in [-0.2, -0.15) is 0 Å². The zero-order valence-electron chi connectivity index (χ0n) is 11.2. The molecule has 0 rings (SSSR count). The fraction of sp³-hybridized carbons (Fsp3) is 0.538. The van der Waals surface area contributed by atoms with Gasteiger partial charge in [0.1, 0.15) is 6.61 Å². The molecule has 0 saturated carbocycles. The predicted octanol–water partition coefficient (Wildman–Crippen LogP) is 1.50. The minimum atomic E-state index is -0.595. The lowest BCUT2D eigenvalue weighted by molar-refractivity contribution is -0.151. The van der Waals surface area contributed by atoms with Crippen molar-refractivity contribution in [2.45, 2.75) is 27.0 Å². The molecule has 0 amide bonds. The molecule has 0 N–H and O–H groups in total. The number of hydrogen-bond donors (Lipinski definition) is 0. The molecule has 0 aliphatic heterocycles. The van der Waals surface area contributed by atoms with Crippen molar-refractivity contribution in [2.24, 2.45) is 0 Å². The normalized spacial score (nSPS) is 12.4. The molecule has 0 aromatic carbocycles. The Balaban J connectivity index is 4.13. The Morgan fingerprint density at radius 2 is 1.78 bits per heavy atom. The van der Waals surface area contributed by atoms with Gasteiger partial charge in [-0.3, -0.25) is 4.90 Å². The second-order valence-electron chi connectivity index (χ2n) is 3.51. The fourth-order valence-corrected chi connectivity index (χ4v) is 1.34. The summed E-state index contributed by atoms with van der Waals surface area (Å²) in [7, 11) is 0. The van der Waals surface area contributed by atoms with Crippen molar-refractivity contribution in [1.82, 2.24) is 4.90 Å². The SMILES string of the molecule is C=CCOC(=O)C=CC(=O)OC(C)N(CC)CC. The van der Waals surface area contributed by atoms with Gasteiger partial charge in [-0.25, -0.2) is 9.59 Å². The Kier molecular flexibility index (Phi) is 8.57. The minimum Gasteiger partial charge on any atom is -0.458 e. The van der Waals surface area contributed by atoms with Crippen LogP contribution in [0.3, 0.4) is 0 Å². The zero-order chi connectivity index (χ0) is 14.0. The van der Waals surface area contributed by atoms with Gasteiger partial charge >= 0.3 is 11.9 Å². The summed E-state index contributed by atoms with van der Waals surface area (Å²) in [6.45, 7) is 10.9. The molecule has 5 nitrogen and oxygen atoms in total. The minimum absolute atomic E-state index is 0.119. The maximum atomic E-state index is 11.4. The van der Waals surface area contributed by atoms with E-state index in [1.54, 1.807) is 6.92 Å². The molecule has 1 atom stereocenters. The van der Waals surface area contributed by atoms with E-state index >= 15 is 0 Å². The van der Waals surface area contributed by atoms with E-state index in [0.29, 0.717) is 0 Å². The molecule has 0 aliphatic rings. The first-order valence-electron chi connectivity index (χ1n) is 5.95. The van der Waals surface area contributed by atoms with Crippen LogP contribution in [0.15, 0.2) is 24.8 Å². The van der Waals surface area contributed by atoms with Crippen molar-refractivity contribution in [3.8, 4) is 0 Å². The van der Waals surface area contributed by atoms with Gasteiger partial charge in [0.05, 0.1) is 0 Å². The maximum Gasteiger partial charge on any atom is 0.332 e. The molecular formula is C13H21NO4. The highest BCUT2D eigenvalue weighted by Gasteiger charge is 2.13. The van der Waals surface area contributed by atoms with E-state index in [-0.39, 0.29) is 12.8 Å². The molecule has 0 aliphatic carbocycles. The van der Waals surface area contributed by atoms with Crippen LogP contribution in [0.2, 0.25) is 0 Å². The van der Waals surface area contributed by atoms with Crippen molar-refractivity contribution in [2.75, 3.05) is 19.7 Å². The third-order valence-corrected chi connectivity index (χ3v) is 2.31. The summed E-state index contributed by atoms with van der Waals surface area (Å²) < 4.78 is 9.80. The smallest absolute Gasteiger partial charge is 0.332 e. The van der Waals surface area contributed by atoms with Gasteiger partial charge < -0.3 is 9.47 Å². The van der Waals surface area contributed by atoms with Crippen LogP contribution in [0.1, 0.15) is 20.8 Å². The van der Waals surface area contributed by atoms with Crippen molar-refractivity contribution < 1.29 is 19.1 Å². The first kappa shape index (κ1) is 16.4. The van der Waals surface area contributed by atoms with Crippen molar-refractivity contribution >= 4 is 11.9 Å². The maximum absolute atomic E-state index is 11.4. The van der Waals surface area contributed by atoms with Crippen LogP contribution in [0.5, 0.6) is 0 Å². The standard InChI is InChI=1S/C13H21NO4/c1-5-10-17-12(15)8-9-13(16)18-11(4)14(6-2)7-3/h5,8-9,11H,1,6-7,10H2,2-4H3. The van der Waals surface area contributed by atoms with Crippen molar-refractivity contribution in [3.63, 3.8) is 0 Å². The number of ether oxygens (including phenoxy) is 2. The van der Waals surface area contributed by atoms with Gasteiger partial charge in [0.15, 0.2) is 6.23 Å². The Morgan fingerprint density at radius 1 is 1.22 bits per heavy atom. The van der Waals surface area contributed by atoms with Gasteiger partial charge in [0.25, 0.3) is 0 Å². The first-order valence-corrected chi connectivity index (χ1v) is 5.95. The summed E-state index contributed by atoms with van der Waals surface area (Å²) in [5.41, 5.74) is 0. The monoisotopic (exact) mass is 255 g/mol. The van der Waals surface area contributed by atoms with Crippen molar-refractivity contribution in [1.29, 1.82) is 0 Å². The molecule has 5 heteroatoms. The van der Waals surface area contributed by atoms with Crippen LogP contribution in [0, 0.1) is 0 Å². The number of rotatable bonds is 8. The summed E-state index contributed by atoms with van der Waals surface area (Å²) in [4.78, 5) is 24.4. The van der Waals surface area contributed by atoms with E-state index in [4.69, 9.17) is 4.74 Å². The lowest BCUT2D eigenvalue weighted by Crippen LogP contribution is -2.35. The van der Waals surface area contributed by atoms with Gasteiger partial charge in [0.2, 0.25) is 0 Å². The first-order chi connectivity index (χ1) is 8.54. The summed E-state index contributed by atoms with van der Waals surface area (Å²) in [5, 5.41) is 0. The van der Waals surface area contributed by atoms with E-state index in [1.165, 1.54) is 6.08 Å². The lowest BCUT2D eigenvalue weighted by atomic mass is 10.4. The Hall–Kier alpha value is -1.62. The quantitative estimate of drug-likeness (QED) is 0.285. The molecule has 0 fully saturated rings. The summed E-state index contributed by atoms with van der Waals surface area (Å²) in [6.07, 6.45) is 3.24. The van der Waals surface area contributed by atoms with Crippen LogP contribution in [0.25, 0.3) is 0 Å². The lowest BCUT2D eigenvalue weighted by Gasteiger charge is -2.25. The van der Waals surface area contributed by atoms with Crippen molar-refractivity contribution in [3.05, 3.63) is 24.8 Å². The molecule has 0 aromatic rings. The molecule has 0 spiro atoms. The highest BCUT2D eigenvalue weighted by Crippen LogP contribution is 2.01. The van der Waals surface area contributed by atoms with Crippen LogP contribution in [-0.4, -0.2) is 42.8 Å². The summed E-state index contributed by atoms with van der Waals surface area (Å²) >= 11 is 0. The summed E-state index contributed by atoms with van der Waals surface area (Å²) in [5.74, 6) is -1.16. The highest BCUT2D eigenvalue weighted by atomic mass is 16.6. The highest BCUT2D eigenvalue weighted by molar-refractivity contribution is 5.91. The number of nitrogens with zero attached hydrogens (tertiary/aromatic N) is 1. The number of carbonyl (C=O) groups excluding carboxylic acids is 2. The molecule has 1 unspecified atom stereocenters. The van der Waals surface area contributed by atoms with E-state index in [1.807, 2.05) is 18.7 Å². The number of esters is 2. The second-order valence-corrected chi connectivity index (χ2v) is 3.51. The molecule has 102 valence electrons. The molecular weight excluding hydrogens is 234 g/mol. The zero-order valence-corrected chi connectivity index (χ0v) is 11.2. The van der Waals surface area contributed by atoms with Gasteiger partial charge in [-0.05, 0) is 20.0 Å². The largest absolute Gasteiger partial charge is 0.458 e. The second kappa shape index (κ2) is 9.41. The Labute approximate surface area is 108 Å². The van der Waals surface area contributed by atoms with E-state index < -0.39 is 11.9 Å². The molecule has 0 saturated heterocycles. The Bertz CT molecular complexity index is 308. The molecule has 0 aromatic heterocycles. The average molecular weight is 255 g/mol. The van der Waals surface area contributed by atoms with Gasteiger partial charge in [0, 0.05) is 12.2 Å². The van der Waals surface area contributed by atoms with Crippen LogP contribution in [0.4, 0.5) is 0 Å². The van der Waals surface area contributed by atoms with Crippen LogP contribution < -0.4 is 0 Å².